The van der Waals surface area contributed by atoms with Crippen LogP contribution in [0.15, 0.2) is 60.7 Å². The molecule has 0 atom stereocenters. The van der Waals surface area contributed by atoms with Gasteiger partial charge in [-0.1, -0.05) is 23.7 Å². The molecule has 0 aliphatic carbocycles. The zero-order chi connectivity index (χ0) is 32.0. The molecular formula is C25H13ClF11IN2O2. The quantitative estimate of drug-likeness (QED) is 0.149. The SMILES string of the molecule is CN(C(=O)c1ccc(F)cc1Cl)c1cccc(C(=O)N(I)c2ccc(C(F)(C(F)(F)F)C(F)(F)F)cc2C(F)(F)F)c1. The van der Waals surface area contributed by atoms with Crippen LogP contribution in [0.2, 0.25) is 5.02 Å². The molecule has 0 heterocycles. The van der Waals surface area contributed by atoms with Gasteiger partial charge in [0.05, 0.1) is 44.7 Å². The molecule has 0 N–H and O–H groups in total. The van der Waals surface area contributed by atoms with Crippen molar-refractivity contribution in [3.05, 3.63) is 93.8 Å². The molecule has 3 rings (SSSR count). The molecular weight excluding hydrogens is 732 g/mol. The Balaban J connectivity index is 2.03. The van der Waals surface area contributed by atoms with Crippen LogP contribution in [0.4, 0.5) is 59.7 Å². The number of carbonyl (C=O) groups excluding carboxylic acids is 2. The highest BCUT2D eigenvalue weighted by Gasteiger charge is 2.73. The van der Waals surface area contributed by atoms with E-state index in [2.05, 4.69) is 0 Å². The monoisotopic (exact) mass is 744 g/mol. The van der Waals surface area contributed by atoms with Gasteiger partial charge in [-0.3, -0.25) is 9.59 Å². The van der Waals surface area contributed by atoms with Crippen LogP contribution in [-0.2, 0) is 11.8 Å². The zero-order valence-electron chi connectivity index (χ0n) is 20.4. The topological polar surface area (TPSA) is 40.6 Å². The summed E-state index contributed by atoms with van der Waals surface area (Å²) in [7, 11) is 1.23. The maximum atomic E-state index is 14.5. The number of anilines is 2. The summed E-state index contributed by atoms with van der Waals surface area (Å²) in [5.41, 5.74) is -12.4. The van der Waals surface area contributed by atoms with E-state index in [1.165, 1.54) is 19.2 Å². The molecule has 0 radical (unpaired) electrons. The summed E-state index contributed by atoms with van der Waals surface area (Å²) in [5, 5.41) is -0.242. The van der Waals surface area contributed by atoms with E-state index < -0.39 is 64.7 Å². The Morgan fingerprint density at radius 2 is 1.38 bits per heavy atom. The highest BCUT2D eigenvalue weighted by atomic mass is 127. The molecule has 4 nitrogen and oxygen atoms in total. The number of alkyl halides is 10. The number of halogens is 13. The molecule has 42 heavy (non-hydrogen) atoms. The van der Waals surface area contributed by atoms with Gasteiger partial charge in [0, 0.05) is 23.9 Å². The fourth-order valence-corrected chi connectivity index (χ4v) is 4.62. The summed E-state index contributed by atoms with van der Waals surface area (Å²) in [6.45, 7) is 0. The van der Waals surface area contributed by atoms with Crippen LogP contribution >= 0.6 is 34.5 Å². The molecule has 0 saturated heterocycles. The molecule has 2 amide bonds. The number of hydrogen-bond acceptors (Lipinski definition) is 2. The second kappa shape index (κ2) is 11.5. The van der Waals surface area contributed by atoms with Gasteiger partial charge in [-0.15, -0.1) is 0 Å². The van der Waals surface area contributed by atoms with E-state index in [4.69, 9.17) is 11.6 Å². The van der Waals surface area contributed by atoms with E-state index in [1.54, 1.807) is 0 Å². The minimum absolute atomic E-state index is 0.00000161. The van der Waals surface area contributed by atoms with Gasteiger partial charge in [0.25, 0.3) is 11.8 Å². The van der Waals surface area contributed by atoms with E-state index >= 15 is 0 Å². The van der Waals surface area contributed by atoms with Crippen molar-refractivity contribution in [2.75, 3.05) is 15.1 Å². The number of benzene rings is 3. The van der Waals surface area contributed by atoms with E-state index in [-0.39, 0.29) is 37.1 Å². The molecule has 0 aliphatic rings. The molecule has 3 aromatic carbocycles. The Morgan fingerprint density at radius 1 is 0.786 bits per heavy atom. The van der Waals surface area contributed by atoms with Crippen molar-refractivity contribution in [3.63, 3.8) is 0 Å². The van der Waals surface area contributed by atoms with Gasteiger partial charge < -0.3 is 4.90 Å². The van der Waals surface area contributed by atoms with Crippen LogP contribution in [0.25, 0.3) is 0 Å². The van der Waals surface area contributed by atoms with Gasteiger partial charge in [0.2, 0.25) is 0 Å². The minimum Gasteiger partial charge on any atom is -0.311 e. The molecule has 0 spiro atoms. The van der Waals surface area contributed by atoms with E-state index in [1.807, 2.05) is 0 Å². The Bertz CT molecular complexity index is 1510. The van der Waals surface area contributed by atoms with Crippen molar-refractivity contribution in [3.8, 4) is 0 Å². The zero-order valence-corrected chi connectivity index (χ0v) is 23.3. The molecule has 3 aromatic rings. The van der Waals surface area contributed by atoms with Crippen molar-refractivity contribution in [1.82, 2.24) is 0 Å². The lowest BCUT2D eigenvalue weighted by Gasteiger charge is -2.31. The smallest absolute Gasteiger partial charge is 0.311 e. The second-order valence-electron chi connectivity index (χ2n) is 8.51. The molecule has 0 aliphatic heterocycles. The van der Waals surface area contributed by atoms with Gasteiger partial charge in [-0.2, -0.15) is 39.5 Å². The minimum atomic E-state index is -6.67. The maximum Gasteiger partial charge on any atom is 0.435 e. The molecule has 17 heteroatoms. The lowest BCUT2D eigenvalue weighted by Crippen LogP contribution is -2.50. The average molecular weight is 745 g/mol. The molecule has 226 valence electrons. The summed E-state index contributed by atoms with van der Waals surface area (Å²) < 4.78 is 148. The first-order valence-electron chi connectivity index (χ1n) is 11.0. The normalized spacial score (nSPS) is 12.7. The van der Waals surface area contributed by atoms with E-state index in [9.17, 15) is 57.9 Å². The number of rotatable bonds is 5. The fourth-order valence-electron chi connectivity index (χ4n) is 3.67. The van der Waals surface area contributed by atoms with Crippen molar-refractivity contribution in [2.45, 2.75) is 24.2 Å². The third-order valence-corrected chi connectivity index (χ3v) is 7.09. The molecule has 0 bridgehead atoms. The first-order chi connectivity index (χ1) is 19.1. The average Bonchev–Trinajstić information content (AvgIpc) is 2.89. The Hall–Kier alpha value is -3.15. The van der Waals surface area contributed by atoms with Crippen LogP contribution < -0.4 is 8.01 Å². The highest BCUT2D eigenvalue weighted by molar-refractivity contribution is 14.1. The summed E-state index contributed by atoms with van der Waals surface area (Å²) in [4.78, 5) is 26.9. The highest BCUT2D eigenvalue weighted by Crippen LogP contribution is 2.54. The molecule has 0 fully saturated rings. The summed E-state index contributed by atoms with van der Waals surface area (Å²) in [6, 6.07) is 6.89. The van der Waals surface area contributed by atoms with Crippen LogP contribution in [0.5, 0.6) is 0 Å². The lowest BCUT2D eigenvalue weighted by atomic mass is 9.92. The third kappa shape index (κ3) is 6.28. The van der Waals surface area contributed by atoms with Crippen LogP contribution in [0.1, 0.15) is 31.8 Å². The van der Waals surface area contributed by atoms with E-state index in [0.29, 0.717) is 0 Å². The maximum absolute atomic E-state index is 14.5. The first-order valence-corrected chi connectivity index (χ1v) is 12.3. The van der Waals surface area contributed by atoms with Gasteiger partial charge in [0.15, 0.2) is 0 Å². The van der Waals surface area contributed by atoms with Gasteiger partial charge in [-0.25, -0.2) is 11.9 Å². The Kier molecular flexibility index (Phi) is 9.13. The van der Waals surface area contributed by atoms with Crippen LogP contribution in [-0.4, -0.2) is 31.2 Å². The molecule has 0 saturated carbocycles. The number of amides is 2. The van der Waals surface area contributed by atoms with E-state index in [0.717, 1.165) is 58.1 Å². The van der Waals surface area contributed by atoms with Crippen LogP contribution in [0, 0.1) is 5.82 Å². The Morgan fingerprint density at radius 3 is 1.90 bits per heavy atom. The van der Waals surface area contributed by atoms with Crippen molar-refractivity contribution < 1.29 is 57.9 Å². The number of carbonyl (C=O) groups is 2. The molecule has 0 unspecified atom stereocenters. The largest absolute Gasteiger partial charge is 0.435 e. The van der Waals surface area contributed by atoms with Gasteiger partial charge >= 0.3 is 24.2 Å². The number of hydrogen-bond donors (Lipinski definition) is 0. The van der Waals surface area contributed by atoms with Crippen molar-refractivity contribution >= 4 is 57.7 Å². The number of nitrogens with zero attached hydrogens (tertiary/aromatic N) is 2. The summed E-state index contributed by atoms with van der Waals surface area (Å²) in [5.74, 6) is -2.74. The standard InChI is InChI=1S/C25H13ClF11IN2O2/c1-39(21(42)16-7-6-14(27)11-18(16)26)15-4-2-3-12(9-15)20(41)40(38)19-8-5-13(10-17(19)23(29,30)31)22(28,24(32,33)34)25(35,36)37/h2-11H,1H3. The van der Waals surface area contributed by atoms with Gasteiger partial charge in [0.1, 0.15) is 5.82 Å². The second-order valence-corrected chi connectivity index (χ2v) is 9.88. The van der Waals surface area contributed by atoms with Gasteiger partial charge in [-0.05, 0) is 48.5 Å². The predicted molar refractivity (Wildman–Crippen MR) is 138 cm³/mol. The van der Waals surface area contributed by atoms with Crippen molar-refractivity contribution in [2.24, 2.45) is 0 Å². The third-order valence-electron chi connectivity index (χ3n) is 5.82. The molecule has 0 aromatic heterocycles. The predicted octanol–water partition coefficient (Wildman–Crippen LogP) is 9.06. The van der Waals surface area contributed by atoms with Crippen molar-refractivity contribution in [1.29, 1.82) is 0 Å². The van der Waals surface area contributed by atoms with Crippen LogP contribution in [0.3, 0.4) is 0 Å². The summed E-state index contributed by atoms with van der Waals surface area (Å²) in [6.07, 6.45) is -19.0. The lowest BCUT2D eigenvalue weighted by molar-refractivity contribution is -0.348. The fraction of sp³-hybridized carbons (Fsp3) is 0.200. The summed E-state index contributed by atoms with van der Waals surface area (Å²) >= 11 is 6.94. The Labute approximate surface area is 248 Å². The first kappa shape index (κ1) is 33.4.